The first-order valence-corrected chi connectivity index (χ1v) is 7.21. The number of carbonyl (C=O) groups is 1. The van der Waals surface area contributed by atoms with Crippen LogP contribution in [0.2, 0.25) is 5.02 Å². The molecule has 0 aliphatic heterocycles. The van der Waals surface area contributed by atoms with Crippen molar-refractivity contribution in [1.29, 1.82) is 0 Å². The first-order chi connectivity index (χ1) is 8.16. The minimum absolute atomic E-state index is 0.233. The van der Waals surface area contributed by atoms with Gasteiger partial charge in [0.2, 0.25) is 0 Å². The average molecular weight is 271 g/mol. The van der Waals surface area contributed by atoms with E-state index in [1.54, 1.807) is 11.8 Å². The second kappa shape index (κ2) is 5.78. The van der Waals surface area contributed by atoms with Gasteiger partial charge in [-0.1, -0.05) is 17.7 Å². The minimum atomic E-state index is -0.723. The van der Waals surface area contributed by atoms with E-state index in [2.05, 4.69) is 6.07 Å². The van der Waals surface area contributed by atoms with Gasteiger partial charge in [0.1, 0.15) is 0 Å². The Labute approximate surface area is 110 Å². The number of fused-ring (bicyclic) bond motifs is 1. The molecule has 0 bridgehead atoms. The standard InChI is InChI=1S/C13H15ClO2S/c14-10-5-4-9-2-1-3-12(11(9)8-10)17-7-6-13(15)16/h4-5,8,12H,1-3,6-7H2,(H,15,16). The number of carboxylic acids is 1. The topological polar surface area (TPSA) is 37.3 Å². The highest BCUT2D eigenvalue weighted by molar-refractivity contribution is 7.99. The van der Waals surface area contributed by atoms with Gasteiger partial charge < -0.3 is 5.11 Å². The van der Waals surface area contributed by atoms with Crippen LogP contribution < -0.4 is 0 Å². The summed E-state index contributed by atoms with van der Waals surface area (Å²) < 4.78 is 0. The molecule has 1 aliphatic rings. The van der Waals surface area contributed by atoms with Crippen molar-refractivity contribution >= 4 is 29.3 Å². The van der Waals surface area contributed by atoms with Crippen molar-refractivity contribution in [2.45, 2.75) is 30.9 Å². The SMILES string of the molecule is O=C(O)CCSC1CCCc2ccc(Cl)cc21. The molecule has 2 rings (SSSR count). The lowest BCUT2D eigenvalue weighted by Crippen LogP contribution is -2.08. The predicted molar refractivity (Wildman–Crippen MR) is 71.8 cm³/mol. The molecule has 0 amide bonds. The highest BCUT2D eigenvalue weighted by atomic mass is 35.5. The maximum Gasteiger partial charge on any atom is 0.304 e. The number of hydrogen-bond donors (Lipinski definition) is 1. The monoisotopic (exact) mass is 270 g/mol. The molecule has 1 aliphatic carbocycles. The van der Waals surface area contributed by atoms with Crippen LogP contribution in [0.1, 0.15) is 35.6 Å². The molecule has 4 heteroatoms. The van der Waals surface area contributed by atoms with Crippen LogP contribution in [0, 0.1) is 0 Å². The fourth-order valence-electron chi connectivity index (χ4n) is 2.19. The van der Waals surface area contributed by atoms with Crippen LogP contribution in [0.25, 0.3) is 0 Å². The Morgan fingerprint density at radius 2 is 2.35 bits per heavy atom. The summed E-state index contributed by atoms with van der Waals surface area (Å²) in [7, 11) is 0. The van der Waals surface area contributed by atoms with Crippen molar-refractivity contribution in [1.82, 2.24) is 0 Å². The first kappa shape index (κ1) is 12.8. The Bertz CT molecular complexity index is 420. The van der Waals surface area contributed by atoms with Crippen LogP contribution in [0.4, 0.5) is 0 Å². The number of aliphatic carboxylic acids is 1. The second-order valence-corrected chi connectivity index (χ2v) is 5.99. The maximum atomic E-state index is 10.5. The van der Waals surface area contributed by atoms with Crippen molar-refractivity contribution in [2.24, 2.45) is 0 Å². The molecule has 0 fully saturated rings. The van der Waals surface area contributed by atoms with Crippen LogP contribution in [-0.2, 0) is 11.2 Å². The van der Waals surface area contributed by atoms with E-state index >= 15 is 0 Å². The largest absolute Gasteiger partial charge is 0.481 e. The average Bonchev–Trinajstić information content (AvgIpc) is 2.29. The minimum Gasteiger partial charge on any atom is -0.481 e. The smallest absolute Gasteiger partial charge is 0.304 e. The van der Waals surface area contributed by atoms with Gasteiger partial charge >= 0.3 is 5.97 Å². The Morgan fingerprint density at radius 3 is 3.12 bits per heavy atom. The lowest BCUT2D eigenvalue weighted by atomic mass is 9.91. The highest BCUT2D eigenvalue weighted by Gasteiger charge is 2.20. The molecule has 1 aromatic carbocycles. The Hall–Kier alpha value is -0.670. The fraction of sp³-hybridized carbons (Fsp3) is 0.462. The number of carboxylic acid groups (broad SMARTS) is 1. The molecule has 1 unspecified atom stereocenters. The summed E-state index contributed by atoms with van der Waals surface area (Å²) in [5.41, 5.74) is 2.67. The van der Waals surface area contributed by atoms with Crippen molar-refractivity contribution in [2.75, 3.05) is 5.75 Å². The van der Waals surface area contributed by atoms with Crippen LogP contribution in [0.15, 0.2) is 18.2 Å². The summed E-state index contributed by atoms with van der Waals surface area (Å²) >= 11 is 7.76. The molecular weight excluding hydrogens is 256 g/mol. The summed E-state index contributed by atoms with van der Waals surface area (Å²) in [4.78, 5) is 10.5. The number of benzene rings is 1. The van der Waals surface area contributed by atoms with Gasteiger partial charge in [0.25, 0.3) is 0 Å². The third kappa shape index (κ3) is 3.39. The van der Waals surface area contributed by atoms with Crippen LogP contribution >= 0.6 is 23.4 Å². The third-order valence-electron chi connectivity index (χ3n) is 3.00. The van der Waals surface area contributed by atoms with Crippen molar-refractivity contribution in [3.05, 3.63) is 34.3 Å². The molecule has 0 saturated carbocycles. The number of halogens is 1. The van der Waals surface area contributed by atoms with Gasteiger partial charge in [0, 0.05) is 16.0 Å². The zero-order valence-corrected chi connectivity index (χ0v) is 11.1. The van der Waals surface area contributed by atoms with Gasteiger partial charge in [-0.3, -0.25) is 4.79 Å². The van der Waals surface area contributed by atoms with Gasteiger partial charge in [-0.15, -0.1) is 0 Å². The molecule has 1 aromatic rings. The molecule has 0 radical (unpaired) electrons. The van der Waals surface area contributed by atoms with Gasteiger partial charge in [-0.2, -0.15) is 11.8 Å². The third-order valence-corrected chi connectivity index (χ3v) is 4.57. The summed E-state index contributed by atoms with van der Waals surface area (Å²) in [6, 6.07) is 6.07. The summed E-state index contributed by atoms with van der Waals surface area (Å²) in [5, 5.41) is 9.83. The first-order valence-electron chi connectivity index (χ1n) is 5.78. The highest BCUT2D eigenvalue weighted by Crippen LogP contribution is 2.40. The van der Waals surface area contributed by atoms with Gasteiger partial charge in [-0.05, 0) is 42.5 Å². The van der Waals surface area contributed by atoms with Gasteiger partial charge in [0.05, 0.1) is 6.42 Å². The van der Waals surface area contributed by atoms with Crippen molar-refractivity contribution in [3.63, 3.8) is 0 Å². The molecule has 0 aromatic heterocycles. The molecule has 2 nitrogen and oxygen atoms in total. The maximum absolute atomic E-state index is 10.5. The van der Waals surface area contributed by atoms with E-state index in [0.29, 0.717) is 11.0 Å². The molecule has 1 atom stereocenters. The van der Waals surface area contributed by atoms with Crippen LogP contribution in [0.5, 0.6) is 0 Å². The number of thioether (sulfide) groups is 1. The van der Waals surface area contributed by atoms with E-state index in [9.17, 15) is 4.79 Å². The molecule has 0 spiro atoms. The molecule has 1 N–H and O–H groups in total. The number of aryl methyl sites for hydroxylation is 1. The second-order valence-electron chi connectivity index (χ2n) is 4.24. The number of rotatable bonds is 4. The lowest BCUT2D eigenvalue weighted by molar-refractivity contribution is -0.136. The Morgan fingerprint density at radius 1 is 1.53 bits per heavy atom. The summed E-state index contributed by atoms with van der Waals surface area (Å²) in [6.45, 7) is 0. The van der Waals surface area contributed by atoms with Gasteiger partial charge in [0.15, 0.2) is 0 Å². The van der Waals surface area contributed by atoms with Crippen LogP contribution in [0.3, 0.4) is 0 Å². The van der Waals surface area contributed by atoms with E-state index in [-0.39, 0.29) is 6.42 Å². The molecule has 17 heavy (non-hydrogen) atoms. The van der Waals surface area contributed by atoms with E-state index < -0.39 is 5.97 Å². The predicted octanol–water partition coefficient (Wildman–Crippen LogP) is 3.93. The zero-order valence-electron chi connectivity index (χ0n) is 9.49. The summed E-state index contributed by atoms with van der Waals surface area (Å²) in [6.07, 6.45) is 3.65. The molecule has 92 valence electrons. The lowest BCUT2D eigenvalue weighted by Gasteiger charge is -2.25. The Kier molecular flexibility index (Phi) is 4.35. The van der Waals surface area contributed by atoms with Gasteiger partial charge in [-0.25, -0.2) is 0 Å². The van der Waals surface area contributed by atoms with E-state index in [1.807, 2.05) is 12.1 Å². The number of hydrogen-bond acceptors (Lipinski definition) is 2. The molecular formula is C13H15ClO2S. The quantitative estimate of drug-likeness (QED) is 0.901. The zero-order chi connectivity index (χ0) is 12.3. The molecule has 0 heterocycles. The van der Waals surface area contributed by atoms with E-state index in [1.165, 1.54) is 17.5 Å². The fourth-order valence-corrected chi connectivity index (χ4v) is 3.68. The van der Waals surface area contributed by atoms with Crippen molar-refractivity contribution in [3.8, 4) is 0 Å². The summed E-state index contributed by atoms with van der Waals surface area (Å²) in [5.74, 6) is -0.0500. The van der Waals surface area contributed by atoms with E-state index in [4.69, 9.17) is 16.7 Å². The van der Waals surface area contributed by atoms with E-state index in [0.717, 1.165) is 17.9 Å². The van der Waals surface area contributed by atoms with Crippen LogP contribution in [-0.4, -0.2) is 16.8 Å². The van der Waals surface area contributed by atoms with Crippen molar-refractivity contribution < 1.29 is 9.90 Å². The Balaban J connectivity index is 2.05. The molecule has 0 saturated heterocycles. The normalized spacial score (nSPS) is 18.8.